The molecule has 1 fully saturated rings. The van der Waals surface area contributed by atoms with Crippen LogP contribution in [0.4, 0.5) is 0 Å². The van der Waals surface area contributed by atoms with Gasteiger partial charge in [0.25, 0.3) is 0 Å². The van der Waals surface area contributed by atoms with E-state index in [0.29, 0.717) is 13.1 Å². The lowest BCUT2D eigenvalue weighted by Gasteiger charge is -2.33. The molecule has 0 radical (unpaired) electrons. The van der Waals surface area contributed by atoms with Gasteiger partial charge in [-0.3, -0.25) is 9.59 Å². The number of hydrogen-bond acceptors (Lipinski definition) is 8. The Kier molecular flexibility index (Phi) is 8.08. The number of nitrogens with one attached hydrogen (secondary N) is 2. The zero-order chi connectivity index (χ0) is 23.1. The minimum absolute atomic E-state index is 0.0614. The first-order valence-electron chi connectivity index (χ1n) is 10.8. The summed E-state index contributed by atoms with van der Waals surface area (Å²) in [6, 6.07) is 10.5. The predicted molar refractivity (Wildman–Crippen MR) is 119 cm³/mol. The summed E-state index contributed by atoms with van der Waals surface area (Å²) >= 11 is 0. The van der Waals surface area contributed by atoms with Crippen LogP contribution in [-0.4, -0.2) is 34.2 Å². The van der Waals surface area contributed by atoms with E-state index in [1.54, 1.807) is 24.3 Å². The summed E-state index contributed by atoms with van der Waals surface area (Å²) in [7, 11) is 0. The molecule has 32 heavy (non-hydrogen) atoms. The number of aromatic hydroxyl groups is 2. The lowest BCUT2D eigenvalue weighted by Crippen LogP contribution is -2.49. The average molecular weight is 443 g/mol. The van der Waals surface area contributed by atoms with Crippen LogP contribution in [0.3, 0.4) is 0 Å². The van der Waals surface area contributed by atoms with Gasteiger partial charge in [0.2, 0.25) is 0 Å². The van der Waals surface area contributed by atoms with E-state index in [1.807, 2.05) is 6.07 Å². The molecule has 3 rings (SSSR count). The van der Waals surface area contributed by atoms with Crippen LogP contribution < -0.4 is 20.1 Å². The van der Waals surface area contributed by atoms with Crippen molar-refractivity contribution in [2.45, 2.75) is 64.7 Å². The van der Waals surface area contributed by atoms with E-state index in [9.17, 15) is 19.8 Å². The summed E-state index contributed by atoms with van der Waals surface area (Å²) < 4.78 is 10.0. The SMILES string of the molecule is CC(=O)Oc1ccc(CN[C@H]2CCCC[C@@H]2NCc2ccc(O)c(OC(C)=O)c2)cc1O. The average Bonchev–Trinajstić information content (AvgIpc) is 2.74. The van der Waals surface area contributed by atoms with Crippen molar-refractivity contribution in [1.29, 1.82) is 0 Å². The quantitative estimate of drug-likeness (QED) is 0.364. The zero-order valence-corrected chi connectivity index (χ0v) is 18.4. The molecule has 0 spiro atoms. The van der Waals surface area contributed by atoms with Gasteiger partial charge in [-0.25, -0.2) is 0 Å². The van der Waals surface area contributed by atoms with Crippen molar-refractivity contribution in [1.82, 2.24) is 10.6 Å². The first kappa shape index (κ1) is 23.6. The van der Waals surface area contributed by atoms with Crippen LogP contribution in [0.1, 0.15) is 50.7 Å². The summed E-state index contributed by atoms with van der Waals surface area (Å²) in [5, 5.41) is 27.1. The summed E-state index contributed by atoms with van der Waals surface area (Å²) in [5.74, 6) is -0.768. The molecular formula is C24H30N2O6. The minimum Gasteiger partial charge on any atom is -0.504 e. The molecule has 4 N–H and O–H groups in total. The van der Waals surface area contributed by atoms with Gasteiger partial charge < -0.3 is 30.3 Å². The molecule has 1 saturated carbocycles. The molecule has 0 saturated heterocycles. The second-order valence-electron chi connectivity index (χ2n) is 8.05. The first-order chi connectivity index (χ1) is 15.3. The van der Waals surface area contributed by atoms with E-state index in [4.69, 9.17) is 9.47 Å². The number of carbonyl (C=O) groups is 2. The fraction of sp³-hybridized carbons (Fsp3) is 0.417. The van der Waals surface area contributed by atoms with Gasteiger partial charge in [0.05, 0.1) is 0 Å². The van der Waals surface area contributed by atoms with Gasteiger partial charge in [-0.2, -0.15) is 0 Å². The Bertz CT molecular complexity index is 962. The highest BCUT2D eigenvalue weighted by Gasteiger charge is 2.24. The van der Waals surface area contributed by atoms with Crippen molar-refractivity contribution in [3.05, 3.63) is 47.5 Å². The van der Waals surface area contributed by atoms with Crippen LogP contribution in [0, 0.1) is 0 Å². The lowest BCUT2D eigenvalue weighted by molar-refractivity contribution is -0.132. The molecule has 0 heterocycles. The molecule has 0 unspecified atom stereocenters. The van der Waals surface area contributed by atoms with Crippen LogP contribution in [0.25, 0.3) is 0 Å². The van der Waals surface area contributed by atoms with Gasteiger partial charge in [0, 0.05) is 39.0 Å². The highest BCUT2D eigenvalue weighted by atomic mass is 16.5. The van der Waals surface area contributed by atoms with E-state index >= 15 is 0 Å². The topological polar surface area (TPSA) is 117 Å². The smallest absolute Gasteiger partial charge is 0.308 e. The normalized spacial score (nSPS) is 18.2. The molecule has 172 valence electrons. The Morgan fingerprint density at radius 3 is 1.91 bits per heavy atom. The van der Waals surface area contributed by atoms with Crippen LogP contribution in [0.15, 0.2) is 36.4 Å². The lowest BCUT2D eigenvalue weighted by atomic mass is 9.90. The van der Waals surface area contributed by atoms with Gasteiger partial charge in [0.15, 0.2) is 23.0 Å². The van der Waals surface area contributed by atoms with Crippen molar-refractivity contribution in [3.63, 3.8) is 0 Å². The number of carbonyl (C=O) groups excluding carboxylic acids is 2. The van der Waals surface area contributed by atoms with E-state index in [2.05, 4.69) is 10.6 Å². The molecular weight excluding hydrogens is 412 g/mol. The Balaban J connectivity index is 1.57. The number of phenolic OH excluding ortho intramolecular Hbond substituents is 2. The number of phenols is 2. The van der Waals surface area contributed by atoms with Gasteiger partial charge >= 0.3 is 11.9 Å². The van der Waals surface area contributed by atoms with Crippen LogP contribution in [0.2, 0.25) is 0 Å². The van der Waals surface area contributed by atoms with Gasteiger partial charge in [-0.1, -0.05) is 25.0 Å². The molecule has 8 heteroatoms. The zero-order valence-electron chi connectivity index (χ0n) is 18.4. The molecule has 2 aromatic rings. The predicted octanol–water partition coefficient (Wildman–Crippen LogP) is 3.14. The van der Waals surface area contributed by atoms with E-state index in [-0.39, 0.29) is 35.1 Å². The monoisotopic (exact) mass is 442 g/mol. The van der Waals surface area contributed by atoms with Gasteiger partial charge in [-0.05, 0) is 48.2 Å². The second-order valence-corrected chi connectivity index (χ2v) is 8.05. The van der Waals surface area contributed by atoms with Crippen molar-refractivity contribution in [3.8, 4) is 23.0 Å². The minimum atomic E-state index is -0.478. The van der Waals surface area contributed by atoms with Gasteiger partial charge in [-0.15, -0.1) is 0 Å². The van der Waals surface area contributed by atoms with E-state index in [0.717, 1.165) is 36.8 Å². The Morgan fingerprint density at radius 1 is 0.812 bits per heavy atom. The molecule has 8 nitrogen and oxygen atoms in total. The highest BCUT2D eigenvalue weighted by molar-refractivity contribution is 5.70. The summed E-state index contributed by atoms with van der Waals surface area (Å²) in [4.78, 5) is 22.3. The number of ether oxygens (including phenoxy) is 2. The molecule has 2 atom stereocenters. The van der Waals surface area contributed by atoms with Crippen LogP contribution in [-0.2, 0) is 22.7 Å². The molecule has 0 bridgehead atoms. The number of benzene rings is 2. The maximum Gasteiger partial charge on any atom is 0.308 e. The van der Waals surface area contributed by atoms with Crippen molar-refractivity contribution in [2.75, 3.05) is 0 Å². The summed E-state index contributed by atoms with van der Waals surface area (Å²) in [6.07, 6.45) is 4.34. The number of hydrogen-bond donors (Lipinski definition) is 4. The molecule has 1 aliphatic rings. The largest absolute Gasteiger partial charge is 0.504 e. The fourth-order valence-corrected chi connectivity index (χ4v) is 3.94. The van der Waals surface area contributed by atoms with E-state index < -0.39 is 11.9 Å². The first-order valence-corrected chi connectivity index (χ1v) is 10.8. The highest BCUT2D eigenvalue weighted by Crippen LogP contribution is 2.28. The molecule has 0 aromatic heterocycles. The summed E-state index contributed by atoms with van der Waals surface area (Å²) in [6.45, 7) is 3.74. The molecule has 0 amide bonds. The Morgan fingerprint density at radius 2 is 1.34 bits per heavy atom. The summed E-state index contributed by atoms with van der Waals surface area (Å²) in [5.41, 5.74) is 1.81. The fourth-order valence-electron chi connectivity index (χ4n) is 3.94. The maximum absolute atomic E-state index is 11.2. The maximum atomic E-state index is 11.2. The third-order valence-corrected chi connectivity index (χ3v) is 5.46. The third-order valence-electron chi connectivity index (χ3n) is 5.46. The van der Waals surface area contributed by atoms with Gasteiger partial charge in [0.1, 0.15) is 0 Å². The van der Waals surface area contributed by atoms with Crippen molar-refractivity contribution < 1.29 is 29.3 Å². The standard InChI is InChI=1S/C24H30N2O6/c1-15(27)31-23-10-8-17(11-22(23)30)13-25-19-5-3-4-6-20(19)26-14-18-7-9-21(29)24(12-18)32-16(2)28/h7-12,19-20,25-26,29-30H,3-6,13-14H2,1-2H3/t19-,20-/m0/s1. The third kappa shape index (κ3) is 6.70. The van der Waals surface area contributed by atoms with Crippen molar-refractivity contribution in [2.24, 2.45) is 0 Å². The molecule has 1 aliphatic carbocycles. The number of esters is 2. The van der Waals surface area contributed by atoms with Crippen molar-refractivity contribution >= 4 is 11.9 Å². The Hall–Kier alpha value is -3.10. The Labute approximate surface area is 187 Å². The number of rotatable bonds is 8. The van der Waals surface area contributed by atoms with Crippen LogP contribution >= 0.6 is 0 Å². The van der Waals surface area contributed by atoms with Crippen LogP contribution in [0.5, 0.6) is 23.0 Å². The second kappa shape index (κ2) is 11.0. The molecule has 0 aliphatic heterocycles. The van der Waals surface area contributed by atoms with E-state index in [1.165, 1.54) is 19.9 Å². The molecule has 2 aromatic carbocycles.